The minimum atomic E-state index is -0.837. The third kappa shape index (κ3) is 14.0. The zero-order chi connectivity index (χ0) is 36.4. The first-order valence-electron chi connectivity index (χ1n) is 18.4. The summed E-state index contributed by atoms with van der Waals surface area (Å²) >= 11 is 5.32. The van der Waals surface area contributed by atoms with Crippen molar-refractivity contribution >= 4 is 34.8 Å². The first-order chi connectivity index (χ1) is 24.7. The minimum absolute atomic E-state index is 0.00635. The molecule has 2 aromatic carbocycles. The van der Waals surface area contributed by atoms with E-state index in [0.717, 1.165) is 49.7 Å². The van der Waals surface area contributed by atoms with Gasteiger partial charge in [-0.3, -0.25) is 19.2 Å². The van der Waals surface area contributed by atoms with E-state index in [1.54, 1.807) is 0 Å². The highest BCUT2D eigenvalue weighted by Gasteiger charge is 2.43. The second kappa shape index (κ2) is 21.3. The molecule has 51 heavy (non-hydrogen) atoms. The Morgan fingerprint density at radius 3 is 1.53 bits per heavy atom. The molecule has 2 heterocycles. The summed E-state index contributed by atoms with van der Waals surface area (Å²) in [5, 5.41) is 9.14. The van der Waals surface area contributed by atoms with Gasteiger partial charge < -0.3 is 28.8 Å². The monoisotopic (exact) mass is 728 g/mol. The van der Waals surface area contributed by atoms with Crippen molar-refractivity contribution in [2.75, 3.05) is 26.4 Å². The summed E-state index contributed by atoms with van der Waals surface area (Å²) in [5.41, 5.74) is 0.452. The van der Waals surface area contributed by atoms with Gasteiger partial charge in [-0.1, -0.05) is 99.2 Å². The fourth-order valence-electron chi connectivity index (χ4n) is 6.70. The predicted molar refractivity (Wildman–Crippen MR) is 190 cm³/mol. The van der Waals surface area contributed by atoms with Gasteiger partial charge in [0.25, 0.3) is 0 Å². The molecule has 2 unspecified atom stereocenters. The number of halogens is 1. The summed E-state index contributed by atoms with van der Waals surface area (Å²) in [4.78, 5) is 45.5. The maximum Gasteiger partial charge on any atom is 0.309 e. The van der Waals surface area contributed by atoms with Crippen molar-refractivity contribution in [1.29, 1.82) is 0 Å². The first-order valence-corrected chi connectivity index (χ1v) is 18.7. The minimum Gasteiger partial charge on any atom is -0.461 e. The number of hydrogen-bond donors (Lipinski definition) is 1. The predicted octanol–water partition coefficient (Wildman–Crippen LogP) is 7.01. The number of hydrogen-bond acceptors (Lipinski definition) is 10. The molecule has 0 amide bonds. The normalized spacial score (nSPS) is 23.6. The van der Waals surface area contributed by atoms with Crippen LogP contribution < -0.4 is 0 Å². The first kappa shape index (κ1) is 40.5. The average molecular weight is 729 g/mol. The Hall–Kier alpha value is -3.31. The van der Waals surface area contributed by atoms with E-state index in [1.807, 2.05) is 60.7 Å². The maximum atomic E-state index is 12.3. The van der Waals surface area contributed by atoms with Gasteiger partial charge in [0.15, 0.2) is 11.2 Å². The van der Waals surface area contributed by atoms with E-state index in [-0.39, 0.29) is 61.4 Å². The lowest BCUT2D eigenvalue weighted by Crippen LogP contribution is -2.41. The Labute approximate surface area is 306 Å². The van der Waals surface area contributed by atoms with Gasteiger partial charge in [-0.2, -0.15) is 0 Å². The highest BCUT2D eigenvalue weighted by molar-refractivity contribution is 6.63. The lowest BCUT2D eigenvalue weighted by molar-refractivity contribution is -0.172. The standard InChI is InChI=1S/C20H26O5.C13H16O4.C7H11ClO/c21-18-11-12-20(25-18,14-23-13-16-7-3-1-4-8-16)15-24-19(22)17-9-5-2-6-10-17;14-9-13(7-6-12(15)17-13)10-16-8-11-4-2-1-3-5-11;8-7(9)6-4-2-1-3-5-6/h1,3-4,7-8,17H,2,5-6,9-15H2;1-5,14H,6-10H2;6H,1-5H2. The van der Waals surface area contributed by atoms with Crippen LogP contribution in [0, 0.1) is 11.8 Å². The second-order valence-corrected chi connectivity index (χ2v) is 14.4. The third-order valence-corrected chi connectivity index (χ3v) is 10.1. The van der Waals surface area contributed by atoms with E-state index in [1.165, 1.54) is 25.7 Å². The van der Waals surface area contributed by atoms with E-state index < -0.39 is 11.2 Å². The van der Waals surface area contributed by atoms with Gasteiger partial charge in [0.2, 0.25) is 5.24 Å². The summed E-state index contributed by atoms with van der Waals surface area (Å²) < 4.78 is 27.4. The molecule has 0 radical (unpaired) electrons. The molecule has 2 aromatic rings. The van der Waals surface area contributed by atoms with Crippen LogP contribution in [0.5, 0.6) is 0 Å². The molecular formula is C40H53ClO10. The van der Waals surface area contributed by atoms with E-state index >= 15 is 0 Å². The molecule has 10 nitrogen and oxygen atoms in total. The van der Waals surface area contributed by atoms with Gasteiger partial charge in [-0.15, -0.1) is 0 Å². The molecule has 280 valence electrons. The number of benzene rings is 2. The Morgan fingerprint density at radius 2 is 1.12 bits per heavy atom. The number of ether oxygens (including phenoxy) is 5. The van der Waals surface area contributed by atoms with Gasteiger partial charge >= 0.3 is 17.9 Å². The fourth-order valence-corrected chi connectivity index (χ4v) is 6.92. The molecule has 2 saturated heterocycles. The molecule has 2 aliphatic carbocycles. The van der Waals surface area contributed by atoms with E-state index in [2.05, 4.69) is 0 Å². The van der Waals surface area contributed by atoms with Gasteiger partial charge in [0.1, 0.15) is 6.61 Å². The highest BCUT2D eigenvalue weighted by atomic mass is 35.5. The Morgan fingerprint density at radius 1 is 0.667 bits per heavy atom. The van der Waals surface area contributed by atoms with Crippen molar-refractivity contribution in [3.63, 3.8) is 0 Å². The van der Waals surface area contributed by atoms with Crippen LogP contribution in [0.2, 0.25) is 0 Å². The summed E-state index contributed by atoms with van der Waals surface area (Å²) in [5.74, 6) is -0.502. The summed E-state index contributed by atoms with van der Waals surface area (Å²) in [6.45, 7) is 1.28. The largest absolute Gasteiger partial charge is 0.461 e. The molecule has 6 rings (SSSR count). The molecular weight excluding hydrogens is 676 g/mol. The molecule has 0 aromatic heterocycles. The number of cyclic esters (lactones) is 2. The van der Waals surface area contributed by atoms with Crippen LogP contribution in [0.4, 0.5) is 0 Å². The van der Waals surface area contributed by atoms with Crippen LogP contribution in [0.1, 0.15) is 101 Å². The molecule has 4 aliphatic rings. The van der Waals surface area contributed by atoms with Crippen molar-refractivity contribution in [3.8, 4) is 0 Å². The molecule has 2 atom stereocenters. The van der Waals surface area contributed by atoms with Crippen molar-refractivity contribution < 1.29 is 48.0 Å². The van der Waals surface area contributed by atoms with Crippen LogP contribution in [0.3, 0.4) is 0 Å². The number of aliphatic hydroxyl groups is 1. The number of carbonyl (C=O) groups is 4. The van der Waals surface area contributed by atoms with E-state index in [4.69, 9.17) is 35.3 Å². The average Bonchev–Trinajstić information content (AvgIpc) is 3.74. The molecule has 0 spiro atoms. The molecule has 1 N–H and O–H groups in total. The van der Waals surface area contributed by atoms with Gasteiger partial charge in [-0.25, -0.2) is 0 Å². The summed E-state index contributed by atoms with van der Waals surface area (Å²) in [6, 6.07) is 19.6. The van der Waals surface area contributed by atoms with E-state index in [9.17, 15) is 24.3 Å². The van der Waals surface area contributed by atoms with Crippen molar-refractivity contribution in [2.45, 2.75) is 114 Å². The van der Waals surface area contributed by atoms with Crippen LogP contribution in [-0.2, 0) is 56.1 Å². The third-order valence-electron chi connectivity index (χ3n) is 9.81. The zero-order valence-corrected chi connectivity index (χ0v) is 30.3. The smallest absolute Gasteiger partial charge is 0.309 e. The molecule has 2 aliphatic heterocycles. The second-order valence-electron chi connectivity index (χ2n) is 14.0. The quantitative estimate of drug-likeness (QED) is 0.130. The lowest BCUT2D eigenvalue weighted by Gasteiger charge is -2.28. The Balaban J connectivity index is 0.000000192. The van der Waals surface area contributed by atoms with E-state index in [0.29, 0.717) is 38.9 Å². The fraction of sp³-hybridized carbons (Fsp3) is 0.600. The SMILES string of the molecule is O=C(Cl)C1CCCCC1.O=C1CCC(CO)(COCc2ccccc2)O1.O=C1CCC(COCc2ccccc2)(COC(=O)C2CCCCC2)O1. The highest BCUT2D eigenvalue weighted by Crippen LogP contribution is 2.31. The Bertz CT molecular complexity index is 1360. The van der Waals surface area contributed by atoms with Crippen LogP contribution in [-0.4, -0.2) is 65.9 Å². The van der Waals surface area contributed by atoms with Crippen molar-refractivity contribution in [2.24, 2.45) is 11.8 Å². The Kier molecular flexibility index (Phi) is 16.9. The van der Waals surface area contributed by atoms with Crippen LogP contribution in [0.25, 0.3) is 0 Å². The summed E-state index contributed by atoms with van der Waals surface area (Å²) in [6.07, 6.45) is 12.6. The lowest BCUT2D eigenvalue weighted by atomic mass is 9.89. The number of aliphatic hydroxyl groups excluding tert-OH is 1. The van der Waals surface area contributed by atoms with Crippen LogP contribution in [0.15, 0.2) is 60.7 Å². The molecule has 11 heteroatoms. The summed E-state index contributed by atoms with van der Waals surface area (Å²) in [7, 11) is 0. The number of esters is 3. The maximum absolute atomic E-state index is 12.3. The molecule has 2 saturated carbocycles. The van der Waals surface area contributed by atoms with Crippen LogP contribution >= 0.6 is 11.6 Å². The number of rotatable bonds is 13. The van der Waals surface area contributed by atoms with Gasteiger partial charge in [0.05, 0.1) is 39.0 Å². The zero-order valence-electron chi connectivity index (χ0n) is 29.6. The molecule has 0 bridgehead atoms. The van der Waals surface area contributed by atoms with Gasteiger partial charge in [-0.05, 0) is 48.4 Å². The number of carbonyl (C=O) groups excluding carboxylic acids is 4. The molecule has 4 fully saturated rings. The van der Waals surface area contributed by atoms with Gasteiger partial charge in [0, 0.05) is 31.6 Å². The van der Waals surface area contributed by atoms with Crippen molar-refractivity contribution in [1.82, 2.24) is 0 Å². The topological polar surface area (TPSA) is 135 Å². The van der Waals surface area contributed by atoms with Crippen molar-refractivity contribution in [3.05, 3.63) is 71.8 Å².